The van der Waals surface area contributed by atoms with Gasteiger partial charge in [-0.15, -0.1) is 0 Å². The lowest BCUT2D eigenvalue weighted by Gasteiger charge is -2.24. The van der Waals surface area contributed by atoms with Gasteiger partial charge in [0.25, 0.3) is 0 Å². The van der Waals surface area contributed by atoms with E-state index in [2.05, 4.69) is 28.0 Å². The molecule has 1 heterocycles. The van der Waals surface area contributed by atoms with E-state index in [1.54, 1.807) is 0 Å². The molecule has 0 amide bonds. The van der Waals surface area contributed by atoms with Crippen molar-refractivity contribution in [1.29, 1.82) is 0 Å². The van der Waals surface area contributed by atoms with Crippen molar-refractivity contribution in [1.82, 2.24) is 9.55 Å². The summed E-state index contributed by atoms with van der Waals surface area (Å²) in [7, 11) is 0. The van der Waals surface area contributed by atoms with Crippen molar-refractivity contribution in [3.8, 4) is 0 Å². The minimum Gasteiger partial charge on any atom is -0.356 e. The molecule has 16 heavy (non-hydrogen) atoms. The van der Waals surface area contributed by atoms with E-state index in [1.807, 2.05) is 6.20 Å². The van der Waals surface area contributed by atoms with Gasteiger partial charge in [0.1, 0.15) is 0 Å². The van der Waals surface area contributed by atoms with Crippen LogP contribution in [0.3, 0.4) is 0 Å². The number of rotatable bonds is 4. The standard InChI is InChI=1S/C13H21N3/c1-2-5-14-13-15-6-7-16(13)12-9-10-3-4-11(12)8-10/h6-7,10-12H,2-5,8-9H2,1H3,(H,14,15). The molecule has 2 fully saturated rings. The summed E-state index contributed by atoms with van der Waals surface area (Å²) in [6.07, 6.45) is 11.0. The molecule has 2 saturated carbocycles. The molecule has 0 spiro atoms. The van der Waals surface area contributed by atoms with Gasteiger partial charge in [-0.2, -0.15) is 0 Å². The number of fused-ring (bicyclic) bond motifs is 2. The Morgan fingerprint density at radius 3 is 3.06 bits per heavy atom. The summed E-state index contributed by atoms with van der Waals surface area (Å²) in [4.78, 5) is 4.43. The smallest absolute Gasteiger partial charge is 0.203 e. The molecule has 0 aliphatic heterocycles. The maximum absolute atomic E-state index is 4.43. The van der Waals surface area contributed by atoms with Gasteiger partial charge in [0.2, 0.25) is 5.95 Å². The van der Waals surface area contributed by atoms with E-state index in [0.717, 1.165) is 36.8 Å². The van der Waals surface area contributed by atoms with E-state index in [1.165, 1.54) is 25.7 Å². The summed E-state index contributed by atoms with van der Waals surface area (Å²) in [5, 5.41) is 3.43. The zero-order chi connectivity index (χ0) is 11.0. The van der Waals surface area contributed by atoms with Gasteiger partial charge in [0, 0.05) is 25.0 Å². The molecule has 0 aromatic carbocycles. The number of aromatic nitrogens is 2. The minimum absolute atomic E-state index is 0.723. The molecular weight excluding hydrogens is 198 g/mol. The highest BCUT2D eigenvalue weighted by molar-refractivity contribution is 5.27. The Morgan fingerprint density at radius 1 is 1.44 bits per heavy atom. The number of hydrogen-bond donors (Lipinski definition) is 1. The van der Waals surface area contributed by atoms with Gasteiger partial charge >= 0.3 is 0 Å². The molecule has 0 radical (unpaired) electrons. The van der Waals surface area contributed by atoms with Gasteiger partial charge in [-0.05, 0) is 37.5 Å². The second-order valence-corrected chi connectivity index (χ2v) is 5.33. The second-order valence-electron chi connectivity index (χ2n) is 5.33. The number of hydrogen-bond acceptors (Lipinski definition) is 2. The molecule has 3 nitrogen and oxygen atoms in total. The summed E-state index contributed by atoms with van der Waals surface area (Å²) in [5.74, 6) is 3.00. The first-order valence-electron chi connectivity index (χ1n) is 6.65. The maximum atomic E-state index is 4.43. The lowest BCUT2D eigenvalue weighted by atomic mass is 9.95. The van der Waals surface area contributed by atoms with Crippen LogP contribution >= 0.6 is 0 Å². The monoisotopic (exact) mass is 219 g/mol. The van der Waals surface area contributed by atoms with Crippen molar-refractivity contribution in [2.24, 2.45) is 11.8 Å². The predicted molar refractivity (Wildman–Crippen MR) is 65.5 cm³/mol. The molecule has 3 unspecified atom stereocenters. The summed E-state index contributed by atoms with van der Waals surface area (Å²) in [5.41, 5.74) is 0. The van der Waals surface area contributed by atoms with Crippen molar-refractivity contribution < 1.29 is 0 Å². The first-order valence-corrected chi connectivity index (χ1v) is 6.65. The van der Waals surface area contributed by atoms with Crippen LogP contribution in [0.2, 0.25) is 0 Å². The molecule has 1 aromatic rings. The molecule has 2 bridgehead atoms. The van der Waals surface area contributed by atoms with Crippen molar-refractivity contribution in [2.45, 2.75) is 45.1 Å². The van der Waals surface area contributed by atoms with Crippen LogP contribution in [-0.2, 0) is 0 Å². The van der Waals surface area contributed by atoms with E-state index in [9.17, 15) is 0 Å². The topological polar surface area (TPSA) is 29.9 Å². The summed E-state index contributed by atoms with van der Waals surface area (Å²) >= 11 is 0. The van der Waals surface area contributed by atoms with Gasteiger partial charge in [0.05, 0.1) is 0 Å². The molecule has 2 aliphatic carbocycles. The molecule has 1 aromatic heterocycles. The number of anilines is 1. The third-order valence-electron chi connectivity index (χ3n) is 4.26. The lowest BCUT2D eigenvalue weighted by molar-refractivity contribution is 0.332. The highest BCUT2D eigenvalue weighted by atomic mass is 15.2. The Labute approximate surface area is 97.3 Å². The maximum Gasteiger partial charge on any atom is 0.203 e. The molecule has 1 N–H and O–H groups in total. The Balaban J connectivity index is 1.76. The third kappa shape index (κ3) is 1.62. The Morgan fingerprint density at radius 2 is 2.38 bits per heavy atom. The van der Waals surface area contributed by atoms with Gasteiger partial charge in [-0.25, -0.2) is 4.98 Å². The zero-order valence-electron chi connectivity index (χ0n) is 10.0. The average Bonchev–Trinajstić information content (AvgIpc) is 3.01. The van der Waals surface area contributed by atoms with Crippen molar-refractivity contribution in [2.75, 3.05) is 11.9 Å². The van der Waals surface area contributed by atoms with Crippen LogP contribution in [-0.4, -0.2) is 16.1 Å². The summed E-state index contributed by atoms with van der Waals surface area (Å²) in [6, 6.07) is 0.723. The normalized spacial score (nSPS) is 32.2. The van der Waals surface area contributed by atoms with E-state index >= 15 is 0 Å². The second kappa shape index (κ2) is 4.11. The van der Waals surface area contributed by atoms with Crippen LogP contribution in [0.1, 0.15) is 45.1 Å². The van der Waals surface area contributed by atoms with E-state index < -0.39 is 0 Å². The van der Waals surface area contributed by atoms with E-state index in [0.29, 0.717) is 0 Å². The van der Waals surface area contributed by atoms with Gasteiger partial charge in [-0.3, -0.25) is 0 Å². The molecule has 2 aliphatic rings. The zero-order valence-corrected chi connectivity index (χ0v) is 10.0. The Hall–Kier alpha value is -0.990. The summed E-state index contributed by atoms with van der Waals surface area (Å²) < 4.78 is 2.39. The fourth-order valence-corrected chi connectivity index (χ4v) is 3.51. The van der Waals surface area contributed by atoms with E-state index in [4.69, 9.17) is 0 Å². The number of nitrogens with zero attached hydrogens (tertiary/aromatic N) is 2. The SMILES string of the molecule is CCCNc1nccn1C1CC2CCC1C2. The first kappa shape index (κ1) is 10.2. The predicted octanol–water partition coefficient (Wildman–Crippen LogP) is 3.07. The van der Waals surface area contributed by atoms with Crippen molar-refractivity contribution >= 4 is 5.95 Å². The van der Waals surface area contributed by atoms with Crippen molar-refractivity contribution in [3.05, 3.63) is 12.4 Å². The van der Waals surface area contributed by atoms with Gasteiger partial charge in [-0.1, -0.05) is 13.3 Å². The lowest BCUT2D eigenvalue weighted by Crippen LogP contribution is -2.18. The first-order chi connectivity index (χ1) is 7.88. The highest BCUT2D eigenvalue weighted by Crippen LogP contribution is 2.51. The molecule has 3 rings (SSSR count). The quantitative estimate of drug-likeness (QED) is 0.843. The van der Waals surface area contributed by atoms with E-state index in [-0.39, 0.29) is 0 Å². The average molecular weight is 219 g/mol. The molecule has 3 heteroatoms. The van der Waals surface area contributed by atoms with Crippen LogP contribution in [0.5, 0.6) is 0 Å². The van der Waals surface area contributed by atoms with Gasteiger partial charge in [0.15, 0.2) is 0 Å². The molecule has 88 valence electrons. The highest BCUT2D eigenvalue weighted by Gasteiger charge is 2.40. The Bertz CT molecular complexity index is 358. The largest absolute Gasteiger partial charge is 0.356 e. The molecule has 0 saturated heterocycles. The van der Waals surface area contributed by atoms with Crippen LogP contribution < -0.4 is 5.32 Å². The molecule has 3 atom stereocenters. The van der Waals surface area contributed by atoms with Crippen LogP contribution in [0.25, 0.3) is 0 Å². The van der Waals surface area contributed by atoms with Crippen molar-refractivity contribution in [3.63, 3.8) is 0 Å². The molecular formula is C13H21N3. The van der Waals surface area contributed by atoms with Crippen LogP contribution in [0.4, 0.5) is 5.95 Å². The third-order valence-corrected chi connectivity index (χ3v) is 4.26. The minimum atomic E-state index is 0.723. The van der Waals surface area contributed by atoms with Crippen LogP contribution in [0.15, 0.2) is 12.4 Å². The number of imidazole rings is 1. The Kier molecular flexibility index (Phi) is 2.62. The van der Waals surface area contributed by atoms with Crippen LogP contribution in [0, 0.1) is 11.8 Å². The summed E-state index contributed by atoms with van der Waals surface area (Å²) in [6.45, 7) is 3.22. The number of nitrogens with one attached hydrogen (secondary N) is 1. The fraction of sp³-hybridized carbons (Fsp3) is 0.769. The fourth-order valence-electron chi connectivity index (χ4n) is 3.51. The van der Waals surface area contributed by atoms with Gasteiger partial charge < -0.3 is 9.88 Å².